The molecule has 0 bridgehead atoms. The molecule has 2 aromatic rings. The molecule has 0 spiro atoms. The molecule has 0 aliphatic carbocycles. The maximum absolute atomic E-state index is 12.4. The number of carbonyl (C=O) groups excluding carboxylic acids is 2. The number of piperazine rings is 1. The Labute approximate surface area is 176 Å². The van der Waals surface area contributed by atoms with E-state index in [0.717, 1.165) is 6.07 Å². The van der Waals surface area contributed by atoms with Crippen LogP contribution in [0.3, 0.4) is 0 Å². The summed E-state index contributed by atoms with van der Waals surface area (Å²) in [6.45, 7) is 1.66. The Morgan fingerprint density at radius 1 is 1.27 bits per heavy atom. The molecular formula is C19H16ClN5O5. The van der Waals surface area contributed by atoms with Gasteiger partial charge in [0.05, 0.1) is 11.2 Å². The molecule has 0 atom stereocenters. The number of amides is 2. The molecule has 1 fully saturated rings. The monoisotopic (exact) mass is 429 g/mol. The lowest BCUT2D eigenvalue weighted by atomic mass is 10.2. The highest BCUT2D eigenvalue weighted by atomic mass is 35.5. The first-order valence-electron chi connectivity index (χ1n) is 8.83. The summed E-state index contributed by atoms with van der Waals surface area (Å²) in [6.07, 6.45) is 2.84. The number of carbonyl (C=O) groups is 2. The number of hydrogen-bond donors (Lipinski definition) is 1. The molecule has 0 radical (unpaired) electrons. The number of halogens is 1. The fourth-order valence-electron chi connectivity index (χ4n) is 2.86. The highest BCUT2D eigenvalue weighted by Gasteiger charge is 2.23. The van der Waals surface area contributed by atoms with Gasteiger partial charge in [-0.15, -0.1) is 0 Å². The van der Waals surface area contributed by atoms with E-state index in [-0.39, 0.29) is 33.6 Å². The lowest BCUT2D eigenvalue weighted by Gasteiger charge is -2.33. The molecule has 154 valence electrons. The third-order valence-corrected chi connectivity index (χ3v) is 4.73. The molecular weight excluding hydrogens is 414 g/mol. The molecule has 3 rings (SSSR count). The van der Waals surface area contributed by atoms with E-state index in [2.05, 4.69) is 5.32 Å². The first kappa shape index (κ1) is 20.9. The van der Waals surface area contributed by atoms with Gasteiger partial charge in [-0.25, -0.2) is 0 Å². The number of rotatable bonds is 5. The minimum Gasteiger partial charge on any atom is -0.459 e. The zero-order valence-electron chi connectivity index (χ0n) is 15.6. The quantitative estimate of drug-likeness (QED) is 0.334. The largest absolute Gasteiger partial charge is 0.459 e. The van der Waals surface area contributed by atoms with Crippen LogP contribution in [0.5, 0.6) is 0 Å². The van der Waals surface area contributed by atoms with Crippen LogP contribution in [0.4, 0.5) is 11.4 Å². The number of nitrogens with one attached hydrogen (secondary N) is 1. The van der Waals surface area contributed by atoms with Crippen molar-refractivity contribution in [2.24, 2.45) is 0 Å². The van der Waals surface area contributed by atoms with Gasteiger partial charge in [-0.05, 0) is 24.3 Å². The molecule has 1 N–H and O–H groups in total. The van der Waals surface area contributed by atoms with Crippen molar-refractivity contribution in [1.29, 1.82) is 5.26 Å². The molecule has 1 aliphatic heterocycles. The Kier molecular flexibility index (Phi) is 6.34. The summed E-state index contributed by atoms with van der Waals surface area (Å²) < 4.78 is 5.11. The molecule has 10 nitrogen and oxygen atoms in total. The second-order valence-electron chi connectivity index (χ2n) is 6.34. The molecule has 1 aromatic heterocycles. The Bertz CT molecular complexity index is 1040. The molecule has 0 saturated carbocycles. The van der Waals surface area contributed by atoms with Crippen LogP contribution in [0, 0.1) is 21.4 Å². The van der Waals surface area contributed by atoms with Crippen molar-refractivity contribution in [2.45, 2.75) is 0 Å². The number of anilines is 1. The van der Waals surface area contributed by atoms with Gasteiger partial charge < -0.3 is 19.5 Å². The van der Waals surface area contributed by atoms with Crippen LogP contribution < -0.4 is 5.32 Å². The van der Waals surface area contributed by atoms with Crippen LogP contribution >= 0.6 is 11.6 Å². The molecule has 1 aromatic carbocycles. The highest BCUT2D eigenvalue weighted by molar-refractivity contribution is 6.32. The van der Waals surface area contributed by atoms with E-state index in [4.69, 9.17) is 16.0 Å². The topological polar surface area (TPSA) is 133 Å². The van der Waals surface area contributed by atoms with Crippen molar-refractivity contribution < 1.29 is 18.9 Å². The number of hydrogen-bond acceptors (Lipinski definition) is 7. The summed E-state index contributed by atoms with van der Waals surface area (Å²) in [6, 6.07) is 8.87. The van der Waals surface area contributed by atoms with Crippen LogP contribution in [0.1, 0.15) is 10.6 Å². The molecule has 11 heteroatoms. The van der Waals surface area contributed by atoms with E-state index in [1.54, 1.807) is 21.9 Å². The number of nitro benzene ring substituents is 1. The lowest BCUT2D eigenvalue weighted by molar-refractivity contribution is -0.384. The van der Waals surface area contributed by atoms with Crippen molar-refractivity contribution in [2.75, 3.05) is 31.5 Å². The summed E-state index contributed by atoms with van der Waals surface area (Å²) >= 11 is 5.75. The fraction of sp³-hybridized carbons (Fsp3) is 0.211. The van der Waals surface area contributed by atoms with Gasteiger partial charge in [-0.2, -0.15) is 5.26 Å². The molecule has 0 unspecified atom stereocenters. The van der Waals surface area contributed by atoms with Crippen LogP contribution in [-0.2, 0) is 4.79 Å². The third kappa shape index (κ3) is 4.76. The van der Waals surface area contributed by atoms with Crippen molar-refractivity contribution in [3.63, 3.8) is 0 Å². The first-order valence-corrected chi connectivity index (χ1v) is 9.21. The smallest absolute Gasteiger partial charge is 0.289 e. The van der Waals surface area contributed by atoms with Crippen molar-refractivity contribution in [3.05, 3.63) is 69.3 Å². The molecule has 30 heavy (non-hydrogen) atoms. The Morgan fingerprint density at radius 2 is 2.00 bits per heavy atom. The Balaban J connectivity index is 1.63. The number of benzene rings is 1. The van der Waals surface area contributed by atoms with Crippen LogP contribution in [0.15, 0.2) is 52.8 Å². The van der Waals surface area contributed by atoms with E-state index in [1.807, 2.05) is 6.07 Å². The maximum Gasteiger partial charge on any atom is 0.289 e. The van der Waals surface area contributed by atoms with Crippen LogP contribution in [0.2, 0.25) is 5.02 Å². The normalized spacial score (nSPS) is 14.2. The maximum atomic E-state index is 12.4. The fourth-order valence-corrected chi connectivity index (χ4v) is 3.05. The van der Waals surface area contributed by atoms with E-state index in [1.165, 1.54) is 24.6 Å². The van der Waals surface area contributed by atoms with Gasteiger partial charge in [0.1, 0.15) is 16.7 Å². The molecule has 1 aliphatic rings. The minimum absolute atomic E-state index is 0.0592. The number of nitriles is 1. The van der Waals surface area contributed by atoms with Gasteiger partial charge >= 0.3 is 0 Å². The van der Waals surface area contributed by atoms with Gasteiger partial charge in [0.15, 0.2) is 5.76 Å². The third-order valence-electron chi connectivity index (χ3n) is 4.41. The molecule has 1 saturated heterocycles. The summed E-state index contributed by atoms with van der Waals surface area (Å²) in [5.74, 6) is -0.664. The van der Waals surface area contributed by atoms with Gasteiger partial charge in [-0.3, -0.25) is 19.7 Å². The van der Waals surface area contributed by atoms with Gasteiger partial charge in [0, 0.05) is 44.1 Å². The Hall–Kier alpha value is -3.84. The number of nitro groups is 1. The van der Waals surface area contributed by atoms with Crippen molar-refractivity contribution >= 4 is 34.8 Å². The van der Waals surface area contributed by atoms with E-state index >= 15 is 0 Å². The Morgan fingerprint density at radius 3 is 2.60 bits per heavy atom. The van der Waals surface area contributed by atoms with Crippen LogP contribution in [-0.4, -0.2) is 52.7 Å². The summed E-state index contributed by atoms with van der Waals surface area (Å²) in [5, 5.41) is 22.7. The zero-order chi connectivity index (χ0) is 21.7. The van der Waals surface area contributed by atoms with Crippen molar-refractivity contribution in [1.82, 2.24) is 9.80 Å². The lowest BCUT2D eigenvalue weighted by Crippen LogP contribution is -2.47. The SMILES string of the molecule is N#C/C(=C/N1CCN(C(=O)c2ccco2)CC1)C(=O)Nc1ccc(Cl)c([N+](=O)[O-])c1. The zero-order valence-corrected chi connectivity index (χ0v) is 16.3. The first-order chi connectivity index (χ1) is 14.4. The second kappa shape index (κ2) is 9.11. The molecule has 2 heterocycles. The second-order valence-corrected chi connectivity index (χ2v) is 6.74. The predicted molar refractivity (Wildman–Crippen MR) is 107 cm³/mol. The summed E-state index contributed by atoms with van der Waals surface area (Å²) in [5.41, 5.74) is -0.376. The summed E-state index contributed by atoms with van der Waals surface area (Å²) in [7, 11) is 0. The minimum atomic E-state index is -0.705. The standard InChI is InChI=1S/C19H16ClN5O5/c20-15-4-3-14(10-16(15)25(28)29)22-18(26)13(11-21)12-23-5-7-24(8-6-23)19(27)17-2-1-9-30-17/h1-4,9-10,12H,5-8H2,(H,22,26)/b13-12-. The highest BCUT2D eigenvalue weighted by Crippen LogP contribution is 2.27. The van der Waals surface area contributed by atoms with Crippen molar-refractivity contribution in [3.8, 4) is 6.07 Å². The summed E-state index contributed by atoms with van der Waals surface area (Å²) in [4.78, 5) is 38.4. The number of nitrogens with zero attached hydrogens (tertiary/aromatic N) is 4. The van der Waals surface area contributed by atoms with E-state index in [9.17, 15) is 25.0 Å². The van der Waals surface area contributed by atoms with Gasteiger partial charge in [0.25, 0.3) is 17.5 Å². The predicted octanol–water partition coefficient (Wildman–Crippen LogP) is 2.65. The average molecular weight is 430 g/mol. The van der Waals surface area contributed by atoms with Crippen LogP contribution in [0.25, 0.3) is 0 Å². The average Bonchev–Trinajstić information content (AvgIpc) is 3.28. The van der Waals surface area contributed by atoms with Gasteiger partial charge in [-0.1, -0.05) is 11.6 Å². The van der Waals surface area contributed by atoms with E-state index in [0.29, 0.717) is 26.2 Å². The molecule has 2 amide bonds. The number of furan rings is 1. The van der Waals surface area contributed by atoms with Gasteiger partial charge in [0.2, 0.25) is 0 Å². The van der Waals surface area contributed by atoms with E-state index < -0.39 is 10.8 Å².